The molecule has 3 atom stereocenters. The van der Waals surface area contributed by atoms with Gasteiger partial charge in [0.1, 0.15) is 6.07 Å². The highest BCUT2D eigenvalue weighted by molar-refractivity contribution is 7.18. The molecule has 0 radical (unpaired) electrons. The van der Waals surface area contributed by atoms with Crippen LogP contribution in [0.3, 0.4) is 0 Å². The monoisotopic (exact) mass is 527 g/mol. The zero-order valence-corrected chi connectivity index (χ0v) is 21.5. The fourth-order valence-corrected chi connectivity index (χ4v) is 6.53. The van der Waals surface area contributed by atoms with Crippen molar-refractivity contribution in [1.82, 2.24) is 30.1 Å². The maximum atomic E-state index is 11.5. The summed E-state index contributed by atoms with van der Waals surface area (Å²) >= 11 is 1.56. The third-order valence-electron chi connectivity index (χ3n) is 7.61. The summed E-state index contributed by atoms with van der Waals surface area (Å²) in [5, 5.41) is 31.1. The molecule has 38 heavy (non-hydrogen) atoms. The van der Waals surface area contributed by atoms with E-state index in [0.717, 1.165) is 57.8 Å². The fraction of sp³-hybridized carbons (Fsp3) is 0.385. The van der Waals surface area contributed by atoms with Gasteiger partial charge in [-0.15, -0.1) is 10.2 Å². The number of ether oxygens (including phenoxy) is 1. The van der Waals surface area contributed by atoms with Crippen LogP contribution in [0.25, 0.3) is 27.5 Å². The van der Waals surface area contributed by atoms with Crippen LogP contribution < -0.4 is 15.5 Å². The summed E-state index contributed by atoms with van der Waals surface area (Å²) in [5.41, 5.74) is 4.76. The van der Waals surface area contributed by atoms with Crippen LogP contribution in [-0.4, -0.2) is 69.1 Å². The second-order valence-electron chi connectivity index (χ2n) is 10.2. The number of nitriles is 1. The summed E-state index contributed by atoms with van der Waals surface area (Å²) in [4.78, 5) is 18.6. The van der Waals surface area contributed by atoms with Gasteiger partial charge in [0.25, 0.3) is 0 Å². The lowest BCUT2D eigenvalue weighted by molar-refractivity contribution is -0.122. The molecule has 0 aromatic carbocycles. The molecule has 8 rings (SSSR count). The van der Waals surface area contributed by atoms with Crippen molar-refractivity contribution in [1.29, 1.82) is 5.26 Å². The van der Waals surface area contributed by atoms with Gasteiger partial charge in [0, 0.05) is 37.9 Å². The maximum Gasteiger partial charge on any atom is 0.217 e. The first-order valence-corrected chi connectivity index (χ1v) is 13.5. The molecule has 2 bridgehead atoms. The van der Waals surface area contributed by atoms with Crippen LogP contribution in [0.1, 0.15) is 18.9 Å². The summed E-state index contributed by atoms with van der Waals surface area (Å²) in [6, 6.07) is 10.3. The quantitative estimate of drug-likeness (QED) is 0.388. The first kappa shape index (κ1) is 23.1. The van der Waals surface area contributed by atoms with Gasteiger partial charge >= 0.3 is 0 Å². The molecule has 192 valence electrons. The lowest BCUT2D eigenvalue weighted by Gasteiger charge is -2.53. The maximum absolute atomic E-state index is 11.5. The van der Waals surface area contributed by atoms with Crippen molar-refractivity contribution in [2.45, 2.75) is 25.4 Å². The second kappa shape index (κ2) is 9.04. The van der Waals surface area contributed by atoms with Gasteiger partial charge in [-0.1, -0.05) is 11.3 Å². The minimum Gasteiger partial charge on any atom is -0.377 e. The number of hydrogen-bond donors (Lipinski definition) is 2. The van der Waals surface area contributed by atoms with Gasteiger partial charge in [-0.3, -0.25) is 9.78 Å². The van der Waals surface area contributed by atoms with Gasteiger partial charge in [-0.25, -0.2) is 4.52 Å². The molecule has 1 amide bonds. The van der Waals surface area contributed by atoms with E-state index in [-0.39, 0.29) is 18.0 Å². The van der Waals surface area contributed by atoms with Crippen LogP contribution in [0.15, 0.2) is 36.7 Å². The molecule has 4 fully saturated rings. The van der Waals surface area contributed by atoms with Gasteiger partial charge in [-0.2, -0.15) is 10.4 Å². The first-order chi connectivity index (χ1) is 18.6. The average Bonchev–Trinajstić information content (AvgIpc) is 3.56. The number of aromatic nitrogens is 5. The number of carbonyl (C=O) groups is 1. The van der Waals surface area contributed by atoms with Gasteiger partial charge < -0.3 is 20.3 Å². The molecule has 3 aliphatic heterocycles. The molecule has 4 aromatic rings. The molecule has 4 aromatic heterocycles. The van der Waals surface area contributed by atoms with Crippen LogP contribution in [0.5, 0.6) is 0 Å². The summed E-state index contributed by atoms with van der Waals surface area (Å²) in [6.45, 7) is 4.64. The average molecular weight is 528 g/mol. The van der Waals surface area contributed by atoms with Gasteiger partial charge in [0.2, 0.25) is 11.0 Å². The van der Waals surface area contributed by atoms with Crippen LogP contribution in [0, 0.1) is 23.2 Å². The molecule has 12 heteroatoms. The Bertz CT molecular complexity index is 1580. The van der Waals surface area contributed by atoms with E-state index in [4.69, 9.17) is 9.72 Å². The van der Waals surface area contributed by atoms with Crippen molar-refractivity contribution >= 4 is 33.6 Å². The van der Waals surface area contributed by atoms with E-state index in [2.05, 4.69) is 36.9 Å². The van der Waals surface area contributed by atoms with Gasteiger partial charge in [0.05, 0.1) is 53.5 Å². The van der Waals surface area contributed by atoms with Crippen LogP contribution >= 0.6 is 11.3 Å². The number of rotatable bonds is 6. The highest BCUT2D eigenvalue weighted by Crippen LogP contribution is 2.43. The Morgan fingerprint density at radius 1 is 1.18 bits per heavy atom. The number of hydrogen-bond acceptors (Lipinski definition) is 10. The standard InChI is InChI=1S/C26H25N9O2S/c1-14(36)30-24-16-5-17(24)11-34(10-16)26-33-32-25(38-26)20-9-28-22(6-21(20)31-18-12-37-13-18)23-3-2-19-4-15(7-27)8-29-35(19)23/h2-4,6,8-9,16-18,24H,5,10-13H2,1H3,(H,28,31)(H,30,36)/t16-,17+,24?. The molecular weight excluding hydrogens is 502 g/mol. The molecule has 1 aliphatic carbocycles. The van der Waals surface area contributed by atoms with E-state index in [1.54, 1.807) is 35.0 Å². The number of nitrogens with one attached hydrogen (secondary N) is 2. The summed E-state index contributed by atoms with van der Waals surface area (Å²) in [7, 11) is 0. The van der Waals surface area contributed by atoms with Crippen LogP contribution in [0.4, 0.5) is 10.8 Å². The summed E-state index contributed by atoms with van der Waals surface area (Å²) in [6.07, 6.45) is 4.55. The third-order valence-corrected chi connectivity index (χ3v) is 8.63. The van der Waals surface area contributed by atoms with Crippen molar-refractivity contribution in [2.24, 2.45) is 11.8 Å². The third kappa shape index (κ3) is 3.95. The van der Waals surface area contributed by atoms with E-state index >= 15 is 0 Å². The van der Waals surface area contributed by atoms with Gasteiger partial charge in [-0.05, 0) is 42.5 Å². The molecule has 3 saturated heterocycles. The zero-order valence-electron chi connectivity index (χ0n) is 20.7. The number of pyridine rings is 1. The molecule has 1 unspecified atom stereocenters. The van der Waals surface area contributed by atoms with E-state index in [9.17, 15) is 10.1 Å². The molecule has 2 N–H and O–H groups in total. The predicted molar refractivity (Wildman–Crippen MR) is 142 cm³/mol. The minimum atomic E-state index is 0.0417. The topological polar surface area (TPSA) is 133 Å². The van der Waals surface area contributed by atoms with E-state index in [1.165, 1.54) is 0 Å². The Labute approximate surface area is 222 Å². The van der Waals surface area contributed by atoms with E-state index in [0.29, 0.717) is 30.6 Å². The Kier molecular flexibility index (Phi) is 5.49. The second-order valence-corrected chi connectivity index (χ2v) is 11.1. The van der Waals surface area contributed by atoms with E-state index in [1.807, 2.05) is 24.4 Å². The number of piperidine rings is 2. The molecule has 7 heterocycles. The Morgan fingerprint density at radius 2 is 2.03 bits per heavy atom. The zero-order chi connectivity index (χ0) is 25.8. The predicted octanol–water partition coefficient (Wildman–Crippen LogP) is 2.56. The smallest absolute Gasteiger partial charge is 0.217 e. The number of fused-ring (bicyclic) bond motifs is 3. The lowest BCUT2D eigenvalue weighted by Crippen LogP contribution is -2.64. The molecule has 4 aliphatic rings. The number of amides is 1. The van der Waals surface area contributed by atoms with Gasteiger partial charge in [0.15, 0.2) is 5.01 Å². The fourth-order valence-electron chi connectivity index (χ4n) is 5.65. The van der Waals surface area contributed by atoms with Crippen LogP contribution in [0.2, 0.25) is 0 Å². The molecule has 0 spiro atoms. The number of carbonyl (C=O) groups excluding carboxylic acids is 1. The highest BCUT2D eigenvalue weighted by Gasteiger charge is 2.47. The molecule has 1 saturated carbocycles. The highest BCUT2D eigenvalue weighted by atomic mass is 32.1. The Morgan fingerprint density at radius 3 is 2.76 bits per heavy atom. The number of nitrogens with zero attached hydrogens (tertiary/aromatic N) is 7. The van der Waals surface area contributed by atoms with Crippen molar-refractivity contribution in [3.8, 4) is 28.0 Å². The normalized spacial score (nSPS) is 22.4. The number of anilines is 2. The molecule has 11 nitrogen and oxygen atoms in total. The first-order valence-electron chi connectivity index (χ1n) is 12.6. The van der Waals surface area contributed by atoms with Crippen LogP contribution in [-0.2, 0) is 9.53 Å². The van der Waals surface area contributed by atoms with Crippen molar-refractivity contribution < 1.29 is 9.53 Å². The lowest BCUT2D eigenvalue weighted by atomic mass is 9.66. The largest absolute Gasteiger partial charge is 0.377 e. The van der Waals surface area contributed by atoms with Crippen molar-refractivity contribution in [3.63, 3.8) is 0 Å². The Hall–Kier alpha value is -4.08. The van der Waals surface area contributed by atoms with E-state index < -0.39 is 0 Å². The summed E-state index contributed by atoms with van der Waals surface area (Å²) < 4.78 is 7.18. The SMILES string of the molecule is CC(=O)NC1[C@@H]2C[C@H]1CN(c1nnc(-c3cnc(-c4ccc5cc(C#N)cnn45)cc3NC3COC3)s1)C2. The minimum absolute atomic E-state index is 0.0417. The molecular formula is C26H25N9O2S. The van der Waals surface area contributed by atoms with Crippen molar-refractivity contribution in [2.75, 3.05) is 36.5 Å². The Balaban J connectivity index is 1.18. The van der Waals surface area contributed by atoms with Crippen molar-refractivity contribution in [3.05, 3.63) is 42.2 Å². The summed E-state index contributed by atoms with van der Waals surface area (Å²) in [5.74, 6) is 0.952.